The number of nitrogens with one attached hydrogen (secondary N) is 2. The number of halogens is 2. The molecule has 37 heavy (non-hydrogen) atoms. The fraction of sp³-hybridized carbons (Fsp3) is 0.148. The van der Waals surface area contributed by atoms with Crippen LogP contribution in [0.15, 0.2) is 80.4 Å². The van der Waals surface area contributed by atoms with Gasteiger partial charge in [-0.2, -0.15) is 0 Å². The van der Waals surface area contributed by atoms with Gasteiger partial charge in [0.1, 0.15) is 18.1 Å². The first kappa shape index (κ1) is 23.4. The third-order valence-corrected chi connectivity index (χ3v) is 6.81. The highest BCUT2D eigenvalue weighted by Gasteiger charge is 2.38. The highest BCUT2D eigenvalue weighted by molar-refractivity contribution is 9.10. The molecule has 1 amide bonds. The van der Waals surface area contributed by atoms with Crippen LogP contribution in [-0.2, 0) is 16.0 Å². The van der Waals surface area contributed by atoms with E-state index in [1.807, 2.05) is 42.5 Å². The van der Waals surface area contributed by atoms with Crippen molar-refractivity contribution in [2.45, 2.75) is 12.6 Å². The zero-order chi connectivity index (χ0) is 25.5. The maximum atomic E-state index is 13.6. The van der Waals surface area contributed by atoms with Crippen LogP contribution in [0.4, 0.5) is 4.39 Å². The molecule has 0 spiro atoms. The second-order valence-corrected chi connectivity index (χ2v) is 9.62. The minimum absolute atomic E-state index is 0.0913. The van der Waals surface area contributed by atoms with Crippen LogP contribution in [0.2, 0.25) is 0 Å². The molecule has 1 saturated heterocycles. The average molecular weight is 563 g/mol. The minimum Gasteiger partial charge on any atom is -0.436 e. The first-order valence-electron chi connectivity index (χ1n) is 11.6. The molecule has 6 rings (SSSR count). The predicted molar refractivity (Wildman–Crippen MR) is 138 cm³/mol. The van der Waals surface area contributed by atoms with Gasteiger partial charge in [-0.25, -0.2) is 14.2 Å². The van der Waals surface area contributed by atoms with Crippen molar-refractivity contribution in [3.63, 3.8) is 0 Å². The lowest BCUT2D eigenvalue weighted by molar-refractivity contribution is -0.128. The van der Waals surface area contributed by atoms with Gasteiger partial charge >= 0.3 is 5.69 Å². The van der Waals surface area contributed by atoms with E-state index in [1.165, 1.54) is 12.1 Å². The van der Waals surface area contributed by atoms with E-state index >= 15 is 0 Å². The number of carbonyl (C=O) groups excluding carboxylic acids is 1. The maximum absolute atomic E-state index is 13.6. The number of nitrogens with zero attached hydrogens (tertiary/aromatic N) is 2. The molecule has 5 aromatic rings. The minimum atomic E-state index is -0.792. The predicted octanol–water partition coefficient (Wildman–Crippen LogP) is 5.18. The third-order valence-electron chi connectivity index (χ3n) is 6.28. The van der Waals surface area contributed by atoms with Gasteiger partial charge in [-0.1, -0.05) is 22.0 Å². The zero-order valence-electron chi connectivity index (χ0n) is 19.3. The molecule has 1 fully saturated rings. The van der Waals surface area contributed by atoms with Crippen molar-refractivity contribution in [1.82, 2.24) is 19.9 Å². The van der Waals surface area contributed by atoms with Gasteiger partial charge in [-0.15, -0.1) is 0 Å². The molecule has 3 heterocycles. The number of carbonyl (C=O) groups is 1. The molecule has 8 nitrogen and oxygen atoms in total. The van der Waals surface area contributed by atoms with Crippen molar-refractivity contribution in [3.8, 4) is 22.7 Å². The molecule has 0 bridgehead atoms. The normalized spacial score (nSPS) is 15.7. The van der Waals surface area contributed by atoms with Gasteiger partial charge in [-0.05, 0) is 72.6 Å². The summed E-state index contributed by atoms with van der Waals surface area (Å²) in [5, 5.41) is 0. The summed E-state index contributed by atoms with van der Waals surface area (Å²) in [6.45, 7) is 0.271. The summed E-state index contributed by atoms with van der Waals surface area (Å²) in [5.41, 5.74) is 3.99. The number of H-pyrrole nitrogens is 2. The molecule has 0 radical (unpaired) electrons. The highest BCUT2D eigenvalue weighted by atomic mass is 79.9. The zero-order valence-corrected chi connectivity index (χ0v) is 20.9. The van der Waals surface area contributed by atoms with E-state index in [1.54, 1.807) is 17.0 Å². The van der Waals surface area contributed by atoms with Crippen molar-refractivity contribution in [2.75, 3.05) is 13.2 Å². The van der Waals surface area contributed by atoms with E-state index in [4.69, 9.17) is 14.1 Å². The van der Waals surface area contributed by atoms with E-state index in [-0.39, 0.29) is 24.0 Å². The van der Waals surface area contributed by atoms with E-state index in [2.05, 4.69) is 25.9 Å². The molecular formula is C27H20BrFN4O4. The number of hydrogen-bond donors (Lipinski definition) is 2. The van der Waals surface area contributed by atoms with Crippen molar-refractivity contribution < 1.29 is 18.3 Å². The number of imidazole rings is 1. The van der Waals surface area contributed by atoms with E-state index < -0.39 is 6.23 Å². The first-order valence-corrected chi connectivity index (χ1v) is 12.4. The number of hydrogen-bond acceptors (Lipinski definition) is 5. The van der Waals surface area contributed by atoms with Gasteiger partial charge in [0.2, 0.25) is 5.89 Å². The lowest BCUT2D eigenvalue weighted by Gasteiger charge is -2.22. The third kappa shape index (κ3) is 4.61. The number of aromatic nitrogens is 3. The molecule has 0 aliphatic carbocycles. The monoisotopic (exact) mass is 562 g/mol. The number of benzene rings is 3. The molecule has 1 aliphatic heterocycles. The van der Waals surface area contributed by atoms with E-state index in [9.17, 15) is 14.0 Å². The SMILES string of the molecule is O=C1CO[C@H](c2oc(-c3ccc(Br)cc3)nc2-c2ccc(F)cc2)N1CCc1ccc2[nH]c(=O)[nH]c2c1. The Morgan fingerprint density at radius 3 is 2.49 bits per heavy atom. The van der Waals surface area contributed by atoms with Crippen molar-refractivity contribution in [1.29, 1.82) is 0 Å². The van der Waals surface area contributed by atoms with Gasteiger partial charge in [0.05, 0.1) is 11.0 Å². The molecule has 0 saturated carbocycles. The Balaban J connectivity index is 1.34. The molecule has 1 aliphatic rings. The van der Waals surface area contributed by atoms with Crippen LogP contribution in [0.5, 0.6) is 0 Å². The summed E-state index contributed by atoms with van der Waals surface area (Å²) in [7, 11) is 0. The van der Waals surface area contributed by atoms with Gasteiger partial charge in [0, 0.05) is 22.1 Å². The van der Waals surface area contributed by atoms with Crippen molar-refractivity contribution >= 4 is 32.9 Å². The number of fused-ring (bicyclic) bond motifs is 1. The van der Waals surface area contributed by atoms with Crippen LogP contribution in [0.25, 0.3) is 33.7 Å². The topological polar surface area (TPSA) is 104 Å². The first-order chi connectivity index (χ1) is 17.9. The Labute approximate surface area is 218 Å². The fourth-order valence-corrected chi connectivity index (χ4v) is 4.69. The molecule has 3 aromatic carbocycles. The Morgan fingerprint density at radius 2 is 1.70 bits per heavy atom. The number of rotatable bonds is 6. The second-order valence-electron chi connectivity index (χ2n) is 8.71. The summed E-state index contributed by atoms with van der Waals surface area (Å²) < 4.78 is 26.7. The molecule has 10 heteroatoms. The molecular weight excluding hydrogens is 543 g/mol. The standard InChI is InChI=1S/C27H20BrFN4O4/c28-18-6-2-17(3-7-18)25-32-23(16-4-8-19(29)9-5-16)24(37-25)26-33(22(34)14-36-26)12-11-15-1-10-20-21(13-15)31-27(35)30-20/h1-10,13,26H,11-12,14H2,(H2,30,31,35)/t26-/m1/s1. The number of oxazole rings is 1. The smallest absolute Gasteiger partial charge is 0.323 e. The summed E-state index contributed by atoms with van der Waals surface area (Å²) in [5.74, 6) is 0.205. The lowest BCUT2D eigenvalue weighted by atomic mass is 10.1. The average Bonchev–Trinajstić information content (AvgIpc) is 3.59. The Bertz CT molecular complexity index is 1660. The van der Waals surface area contributed by atoms with Gasteiger partial charge in [0.15, 0.2) is 12.0 Å². The molecule has 186 valence electrons. The van der Waals surface area contributed by atoms with E-state index in [0.717, 1.165) is 21.1 Å². The molecule has 0 unspecified atom stereocenters. The van der Waals surface area contributed by atoms with Gasteiger partial charge < -0.3 is 24.0 Å². The number of ether oxygens (including phenoxy) is 1. The van der Waals surface area contributed by atoms with Crippen LogP contribution in [-0.4, -0.2) is 38.9 Å². The van der Waals surface area contributed by atoms with Crippen LogP contribution < -0.4 is 5.69 Å². The van der Waals surface area contributed by atoms with Crippen molar-refractivity contribution in [3.05, 3.63) is 98.8 Å². The molecule has 2 aromatic heterocycles. The van der Waals surface area contributed by atoms with Gasteiger partial charge in [-0.3, -0.25) is 4.79 Å². The van der Waals surface area contributed by atoms with Crippen LogP contribution in [0, 0.1) is 5.82 Å². The number of amides is 1. The summed E-state index contributed by atoms with van der Waals surface area (Å²) in [6.07, 6.45) is -0.256. The fourth-order valence-electron chi connectivity index (χ4n) is 4.43. The van der Waals surface area contributed by atoms with E-state index in [0.29, 0.717) is 41.4 Å². The Morgan fingerprint density at radius 1 is 0.973 bits per heavy atom. The van der Waals surface area contributed by atoms with Crippen molar-refractivity contribution in [2.24, 2.45) is 0 Å². The summed E-state index contributed by atoms with van der Waals surface area (Å²) in [6, 6.07) is 19.1. The maximum Gasteiger partial charge on any atom is 0.323 e. The number of aromatic amines is 2. The molecule has 1 atom stereocenters. The quantitative estimate of drug-likeness (QED) is 0.296. The largest absolute Gasteiger partial charge is 0.436 e. The summed E-state index contributed by atoms with van der Waals surface area (Å²) >= 11 is 3.43. The molecule has 2 N–H and O–H groups in total. The Hall–Kier alpha value is -4.02. The summed E-state index contributed by atoms with van der Waals surface area (Å²) in [4.78, 5) is 36.2. The Kier molecular flexibility index (Phi) is 5.97. The second kappa shape index (κ2) is 9.45. The van der Waals surface area contributed by atoms with Gasteiger partial charge in [0.25, 0.3) is 5.91 Å². The van der Waals surface area contributed by atoms with Crippen LogP contribution in [0.1, 0.15) is 17.6 Å². The van der Waals surface area contributed by atoms with Crippen LogP contribution in [0.3, 0.4) is 0 Å². The lowest BCUT2D eigenvalue weighted by Crippen LogP contribution is -2.30. The van der Waals surface area contributed by atoms with Crippen LogP contribution >= 0.6 is 15.9 Å². The highest BCUT2D eigenvalue weighted by Crippen LogP contribution is 2.38.